The van der Waals surface area contributed by atoms with Crippen molar-refractivity contribution in [2.24, 2.45) is 11.8 Å². The van der Waals surface area contributed by atoms with E-state index in [0.29, 0.717) is 0 Å². The molecule has 2 fully saturated rings. The van der Waals surface area contributed by atoms with Crippen LogP contribution >= 0.6 is 0 Å². The first-order chi connectivity index (χ1) is 9.19. The van der Waals surface area contributed by atoms with Crippen LogP contribution in [0.1, 0.15) is 65.7 Å². The highest BCUT2D eigenvalue weighted by Gasteiger charge is 2.28. The fraction of sp³-hybridized carbons (Fsp3) is 1.00. The van der Waals surface area contributed by atoms with Crippen molar-refractivity contribution in [1.29, 1.82) is 0 Å². The third-order valence-electron chi connectivity index (χ3n) is 5.32. The molecule has 2 heteroatoms. The van der Waals surface area contributed by atoms with E-state index in [9.17, 15) is 0 Å². The summed E-state index contributed by atoms with van der Waals surface area (Å²) in [6.45, 7) is 11.0. The summed E-state index contributed by atoms with van der Waals surface area (Å²) < 4.78 is 0. The summed E-state index contributed by atoms with van der Waals surface area (Å²) in [5, 5.41) is 3.70. The maximum Gasteiger partial charge on any atom is 0.00940 e. The molecule has 2 rings (SSSR count). The van der Waals surface area contributed by atoms with Crippen molar-refractivity contribution in [3.05, 3.63) is 0 Å². The van der Waals surface area contributed by atoms with Crippen LogP contribution in [0, 0.1) is 11.8 Å². The summed E-state index contributed by atoms with van der Waals surface area (Å²) in [6.07, 6.45) is 9.84. The van der Waals surface area contributed by atoms with Gasteiger partial charge in [-0.2, -0.15) is 0 Å². The van der Waals surface area contributed by atoms with Crippen molar-refractivity contribution in [3.8, 4) is 0 Å². The van der Waals surface area contributed by atoms with Gasteiger partial charge in [-0.3, -0.25) is 0 Å². The molecule has 2 nitrogen and oxygen atoms in total. The highest BCUT2D eigenvalue weighted by Crippen LogP contribution is 2.30. The molecule has 2 atom stereocenters. The molecule has 0 aromatic heterocycles. The molecule has 0 amide bonds. The Hall–Kier alpha value is -0.0800. The van der Waals surface area contributed by atoms with E-state index in [2.05, 4.69) is 31.0 Å². The Labute approximate surface area is 120 Å². The molecule has 1 N–H and O–H groups in total. The highest BCUT2D eigenvalue weighted by atomic mass is 15.2. The van der Waals surface area contributed by atoms with Crippen LogP contribution in [0.5, 0.6) is 0 Å². The number of hydrogen-bond donors (Lipinski definition) is 1. The van der Waals surface area contributed by atoms with Gasteiger partial charge < -0.3 is 10.2 Å². The molecule has 0 radical (unpaired) electrons. The molecule has 1 saturated carbocycles. The Morgan fingerprint density at radius 3 is 2.42 bits per heavy atom. The minimum absolute atomic E-state index is 0.776. The molecular formula is C17H34N2. The number of hydrogen-bond acceptors (Lipinski definition) is 2. The summed E-state index contributed by atoms with van der Waals surface area (Å²) in [6, 6.07) is 1.56. The molecule has 1 aliphatic carbocycles. The van der Waals surface area contributed by atoms with Crippen LogP contribution in [0.3, 0.4) is 0 Å². The van der Waals surface area contributed by atoms with Crippen molar-refractivity contribution < 1.29 is 0 Å². The van der Waals surface area contributed by atoms with Gasteiger partial charge in [0.15, 0.2) is 0 Å². The largest absolute Gasteiger partial charge is 0.314 e. The van der Waals surface area contributed by atoms with Crippen LogP contribution < -0.4 is 5.32 Å². The summed E-state index contributed by atoms with van der Waals surface area (Å²) in [4.78, 5) is 2.77. The number of rotatable bonds is 5. The van der Waals surface area contributed by atoms with E-state index in [1.165, 1.54) is 64.6 Å². The summed E-state index contributed by atoms with van der Waals surface area (Å²) in [7, 11) is 0. The first kappa shape index (κ1) is 15.3. The van der Waals surface area contributed by atoms with Gasteiger partial charge in [-0.15, -0.1) is 0 Å². The van der Waals surface area contributed by atoms with Crippen LogP contribution in [0.25, 0.3) is 0 Å². The predicted molar refractivity (Wildman–Crippen MR) is 83.5 cm³/mol. The first-order valence-electron chi connectivity index (χ1n) is 8.66. The lowest BCUT2D eigenvalue weighted by Gasteiger charge is -2.41. The summed E-state index contributed by atoms with van der Waals surface area (Å²) in [5.41, 5.74) is 0. The van der Waals surface area contributed by atoms with E-state index in [-0.39, 0.29) is 0 Å². The molecule has 19 heavy (non-hydrogen) atoms. The second-order valence-electron chi connectivity index (χ2n) is 7.15. The average molecular weight is 266 g/mol. The lowest BCUT2D eigenvalue weighted by molar-refractivity contribution is 0.101. The van der Waals surface area contributed by atoms with Crippen LogP contribution in [0.15, 0.2) is 0 Å². The molecule has 2 unspecified atom stereocenters. The Kier molecular flexibility index (Phi) is 6.15. The molecule has 2 aliphatic rings. The number of piperidine rings is 1. The van der Waals surface area contributed by atoms with Gasteiger partial charge in [0, 0.05) is 18.6 Å². The van der Waals surface area contributed by atoms with Gasteiger partial charge in [-0.05, 0) is 64.0 Å². The van der Waals surface area contributed by atoms with E-state index in [1.807, 2.05) is 0 Å². The second kappa shape index (κ2) is 7.64. The second-order valence-corrected chi connectivity index (χ2v) is 7.15. The van der Waals surface area contributed by atoms with Gasteiger partial charge in [0.2, 0.25) is 0 Å². The van der Waals surface area contributed by atoms with Crippen LogP contribution in [0.2, 0.25) is 0 Å². The van der Waals surface area contributed by atoms with Crippen molar-refractivity contribution >= 4 is 0 Å². The van der Waals surface area contributed by atoms with E-state index >= 15 is 0 Å². The fourth-order valence-electron chi connectivity index (χ4n) is 3.87. The number of nitrogens with zero attached hydrogens (tertiary/aromatic N) is 1. The lowest BCUT2D eigenvalue weighted by atomic mass is 9.82. The Morgan fingerprint density at radius 1 is 1.05 bits per heavy atom. The lowest BCUT2D eigenvalue weighted by Crippen LogP contribution is -2.49. The topological polar surface area (TPSA) is 15.3 Å². The van der Waals surface area contributed by atoms with E-state index in [0.717, 1.165) is 23.9 Å². The third kappa shape index (κ3) is 4.75. The predicted octanol–water partition coefficient (Wildman–Crippen LogP) is 3.67. The van der Waals surface area contributed by atoms with Gasteiger partial charge in [0.25, 0.3) is 0 Å². The monoisotopic (exact) mass is 266 g/mol. The van der Waals surface area contributed by atoms with Crippen molar-refractivity contribution in [2.75, 3.05) is 19.6 Å². The molecule has 0 aromatic rings. The van der Waals surface area contributed by atoms with Gasteiger partial charge in [0.1, 0.15) is 0 Å². The smallest absolute Gasteiger partial charge is 0.00940 e. The van der Waals surface area contributed by atoms with Gasteiger partial charge in [0.05, 0.1) is 0 Å². The molecule has 0 bridgehead atoms. The number of nitrogens with one attached hydrogen (secondary N) is 1. The van der Waals surface area contributed by atoms with E-state index < -0.39 is 0 Å². The minimum Gasteiger partial charge on any atom is -0.314 e. The van der Waals surface area contributed by atoms with Crippen molar-refractivity contribution in [1.82, 2.24) is 10.2 Å². The maximum absolute atomic E-state index is 3.70. The van der Waals surface area contributed by atoms with Gasteiger partial charge in [-0.1, -0.05) is 26.7 Å². The van der Waals surface area contributed by atoms with Crippen LogP contribution in [0.4, 0.5) is 0 Å². The molecule has 1 aliphatic heterocycles. The number of likely N-dealkylation sites (tertiary alicyclic amines) is 1. The zero-order chi connectivity index (χ0) is 13.7. The average Bonchev–Trinajstić information content (AvgIpc) is 2.41. The normalized spacial score (nSPS) is 37.4. The van der Waals surface area contributed by atoms with Crippen LogP contribution in [-0.2, 0) is 0 Å². The SMILES string of the molecule is CCCNC1CCN(CC2CCC(C)CC2)C(C)C1. The minimum atomic E-state index is 0.776. The molecular weight excluding hydrogens is 232 g/mol. The van der Waals surface area contributed by atoms with Gasteiger partial charge in [-0.25, -0.2) is 0 Å². The quantitative estimate of drug-likeness (QED) is 0.817. The van der Waals surface area contributed by atoms with Crippen molar-refractivity contribution in [2.45, 2.75) is 77.8 Å². The zero-order valence-electron chi connectivity index (χ0n) is 13.3. The standard InChI is InChI=1S/C17H34N2/c1-4-10-18-17-9-11-19(15(3)12-17)13-16-7-5-14(2)6-8-16/h14-18H,4-13H2,1-3H3. The summed E-state index contributed by atoms with van der Waals surface area (Å²) in [5.74, 6) is 1.97. The molecule has 1 heterocycles. The Balaban J connectivity index is 1.70. The van der Waals surface area contributed by atoms with E-state index in [1.54, 1.807) is 0 Å². The maximum atomic E-state index is 3.70. The highest BCUT2D eigenvalue weighted by molar-refractivity contribution is 4.84. The molecule has 1 saturated heterocycles. The molecule has 0 spiro atoms. The van der Waals surface area contributed by atoms with E-state index in [4.69, 9.17) is 0 Å². The Bertz CT molecular complexity index is 246. The zero-order valence-corrected chi connectivity index (χ0v) is 13.3. The third-order valence-corrected chi connectivity index (χ3v) is 5.32. The van der Waals surface area contributed by atoms with Gasteiger partial charge >= 0.3 is 0 Å². The first-order valence-corrected chi connectivity index (χ1v) is 8.66. The molecule has 112 valence electrons. The van der Waals surface area contributed by atoms with Crippen molar-refractivity contribution in [3.63, 3.8) is 0 Å². The van der Waals surface area contributed by atoms with Crippen LogP contribution in [-0.4, -0.2) is 36.6 Å². The summed E-state index contributed by atoms with van der Waals surface area (Å²) >= 11 is 0. The molecule has 0 aromatic carbocycles. The Morgan fingerprint density at radius 2 is 1.79 bits per heavy atom. The fourth-order valence-corrected chi connectivity index (χ4v) is 3.87.